The number of hydrogen-bond donors (Lipinski definition) is 2. The van der Waals surface area contributed by atoms with Gasteiger partial charge in [0.2, 0.25) is 0 Å². The Kier molecular flexibility index (Phi) is 6.96. The first-order valence-electron chi connectivity index (χ1n) is 10.1. The molecule has 2 N–H and O–H groups in total. The van der Waals surface area contributed by atoms with Crippen molar-refractivity contribution in [2.24, 2.45) is 16.8 Å². The van der Waals surface area contributed by atoms with Gasteiger partial charge in [-0.15, -0.1) is 0 Å². The summed E-state index contributed by atoms with van der Waals surface area (Å²) in [6.45, 7) is 5.50. The molecule has 1 aromatic carbocycles. The molecule has 1 aromatic rings. The van der Waals surface area contributed by atoms with Gasteiger partial charge < -0.3 is 20.3 Å². The molecule has 0 bridgehead atoms. The van der Waals surface area contributed by atoms with Gasteiger partial charge in [0.25, 0.3) is 5.91 Å². The molecular weight excluding hydrogens is 340 g/mol. The predicted molar refractivity (Wildman–Crippen MR) is 108 cm³/mol. The van der Waals surface area contributed by atoms with E-state index >= 15 is 0 Å². The minimum absolute atomic E-state index is 0.0446. The average molecular weight is 373 g/mol. The largest absolute Gasteiger partial charge is 0.484 e. The molecule has 2 atom stereocenters. The van der Waals surface area contributed by atoms with Crippen molar-refractivity contribution < 1.29 is 9.53 Å². The number of aliphatic imine (C=N–C) groups is 1. The van der Waals surface area contributed by atoms with E-state index in [-0.39, 0.29) is 12.5 Å². The number of carbonyl (C=O) groups excluding carboxylic acids is 1. The molecule has 2 aliphatic rings. The lowest BCUT2D eigenvalue weighted by Gasteiger charge is -2.22. The number of carbonyl (C=O) groups is 1. The lowest BCUT2D eigenvalue weighted by Crippen LogP contribution is -2.39. The normalized spacial score (nSPS) is 22.3. The average Bonchev–Trinajstić information content (AvgIpc) is 3.11. The number of rotatable bonds is 6. The molecule has 2 unspecified atom stereocenters. The Bertz CT molecular complexity index is 647. The van der Waals surface area contributed by atoms with Crippen molar-refractivity contribution in [1.29, 1.82) is 0 Å². The van der Waals surface area contributed by atoms with Crippen molar-refractivity contribution in [2.75, 3.05) is 33.3 Å². The zero-order chi connectivity index (χ0) is 19.1. The van der Waals surface area contributed by atoms with Gasteiger partial charge >= 0.3 is 0 Å². The van der Waals surface area contributed by atoms with Gasteiger partial charge in [-0.2, -0.15) is 0 Å². The zero-order valence-electron chi connectivity index (χ0n) is 16.5. The summed E-state index contributed by atoms with van der Waals surface area (Å²) in [5.41, 5.74) is 1.11. The Morgan fingerprint density at radius 1 is 1.22 bits per heavy atom. The van der Waals surface area contributed by atoms with Crippen molar-refractivity contribution >= 4 is 11.9 Å². The van der Waals surface area contributed by atoms with Crippen LogP contribution in [0.15, 0.2) is 29.3 Å². The number of nitrogens with zero attached hydrogens (tertiary/aromatic N) is 2. The summed E-state index contributed by atoms with van der Waals surface area (Å²) in [5.74, 6) is 3.27. The fourth-order valence-electron chi connectivity index (χ4n) is 4.23. The highest BCUT2D eigenvalue weighted by molar-refractivity contribution is 5.80. The molecule has 1 aliphatic heterocycles. The molecule has 1 saturated carbocycles. The Morgan fingerprint density at radius 2 is 1.96 bits per heavy atom. The first kappa shape index (κ1) is 19.5. The number of hydrogen-bond acceptors (Lipinski definition) is 3. The molecule has 1 saturated heterocycles. The van der Waals surface area contributed by atoms with Gasteiger partial charge in [0.15, 0.2) is 12.6 Å². The lowest BCUT2D eigenvalue weighted by molar-refractivity contribution is -0.122. The molecule has 1 heterocycles. The minimum atomic E-state index is -0.100. The van der Waals surface area contributed by atoms with Crippen LogP contribution in [0, 0.1) is 11.8 Å². The third kappa shape index (κ3) is 5.37. The standard InChI is InChI=1S/C21H32N4O2/c1-3-23-20(26)15-27-19-10-6-7-16(11-19)12-24-21(22-2)25-13-17-8-4-5-9-18(17)14-25/h6-7,10-11,17-18H,3-5,8-9,12-15H2,1-2H3,(H,22,24)(H,23,26). The van der Waals surface area contributed by atoms with Gasteiger partial charge in [0.1, 0.15) is 5.75 Å². The topological polar surface area (TPSA) is 66.0 Å². The highest BCUT2D eigenvalue weighted by atomic mass is 16.5. The monoisotopic (exact) mass is 372 g/mol. The number of benzene rings is 1. The molecule has 3 rings (SSSR count). The summed E-state index contributed by atoms with van der Waals surface area (Å²) >= 11 is 0. The Morgan fingerprint density at radius 3 is 2.63 bits per heavy atom. The van der Waals surface area contributed by atoms with E-state index in [0.29, 0.717) is 18.8 Å². The number of likely N-dealkylation sites (tertiary alicyclic amines) is 1. The fraction of sp³-hybridized carbons (Fsp3) is 0.619. The minimum Gasteiger partial charge on any atom is -0.484 e. The van der Waals surface area contributed by atoms with Crippen LogP contribution in [0.5, 0.6) is 5.75 Å². The second-order valence-electron chi connectivity index (χ2n) is 7.50. The van der Waals surface area contributed by atoms with E-state index in [1.54, 1.807) is 0 Å². The van der Waals surface area contributed by atoms with E-state index in [2.05, 4.69) is 26.6 Å². The smallest absolute Gasteiger partial charge is 0.257 e. The van der Waals surface area contributed by atoms with Crippen LogP contribution in [-0.2, 0) is 11.3 Å². The maximum atomic E-state index is 11.5. The van der Waals surface area contributed by atoms with Gasteiger partial charge in [0, 0.05) is 33.2 Å². The molecule has 1 aliphatic carbocycles. The molecule has 27 heavy (non-hydrogen) atoms. The van der Waals surface area contributed by atoms with Gasteiger partial charge in [-0.05, 0) is 49.3 Å². The molecule has 1 amide bonds. The van der Waals surface area contributed by atoms with Crippen molar-refractivity contribution in [3.05, 3.63) is 29.8 Å². The number of guanidine groups is 1. The highest BCUT2D eigenvalue weighted by Gasteiger charge is 2.35. The number of likely N-dealkylation sites (N-methyl/N-ethyl adjacent to an activating group) is 1. The van der Waals surface area contributed by atoms with Crippen molar-refractivity contribution in [3.63, 3.8) is 0 Å². The number of fused-ring (bicyclic) bond motifs is 1. The number of amides is 1. The summed E-state index contributed by atoms with van der Waals surface area (Å²) in [6, 6.07) is 7.87. The van der Waals surface area contributed by atoms with Crippen molar-refractivity contribution in [1.82, 2.24) is 15.5 Å². The van der Waals surface area contributed by atoms with Gasteiger partial charge in [-0.25, -0.2) is 0 Å². The number of nitrogens with one attached hydrogen (secondary N) is 2. The summed E-state index contributed by atoms with van der Waals surface area (Å²) in [6.07, 6.45) is 5.49. The van der Waals surface area contributed by atoms with Crippen LogP contribution in [0.2, 0.25) is 0 Å². The van der Waals surface area contributed by atoms with Crippen molar-refractivity contribution in [3.8, 4) is 5.75 Å². The fourth-order valence-corrected chi connectivity index (χ4v) is 4.23. The molecule has 148 valence electrons. The quantitative estimate of drug-likeness (QED) is 0.594. The highest BCUT2D eigenvalue weighted by Crippen LogP contribution is 2.35. The first-order chi connectivity index (χ1) is 13.2. The third-order valence-corrected chi connectivity index (χ3v) is 5.58. The van der Waals surface area contributed by atoms with E-state index in [9.17, 15) is 4.79 Å². The second kappa shape index (κ2) is 9.62. The molecular formula is C21H32N4O2. The summed E-state index contributed by atoms with van der Waals surface area (Å²) in [4.78, 5) is 18.4. The van der Waals surface area contributed by atoms with Gasteiger partial charge in [-0.1, -0.05) is 25.0 Å². The van der Waals surface area contributed by atoms with Gasteiger partial charge in [-0.3, -0.25) is 9.79 Å². The zero-order valence-corrected chi connectivity index (χ0v) is 16.5. The van der Waals surface area contributed by atoms with Crippen LogP contribution < -0.4 is 15.4 Å². The van der Waals surface area contributed by atoms with E-state index in [1.165, 1.54) is 25.7 Å². The molecule has 0 spiro atoms. The van der Waals surface area contributed by atoms with Crippen LogP contribution in [0.1, 0.15) is 38.2 Å². The van der Waals surface area contributed by atoms with Crippen LogP contribution >= 0.6 is 0 Å². The van der Waals surface area contributed by atoms with E-state index in [1.807, 2.05) is 32.2 Å². The molecule has 6 heteroatoms. The summed E-state index contributed by atoms with van der Waals surface area (Å²) in [7, 11) is 1.86. The first-order valence-corrected chi connectivity index (χ1v) is 10.1. The van der Waals surface area contributed by atoms with Crippen LogP contribution in [0.25, 0.3) is 0 Å². The molecule has 0 radical (unpaired) electrons. The maximum absolute atomic E-state index is 11.5. The Hall–Kier alpha value is -2.24. The van der Waals surface area contributed by atoms with E-state index in [4.69, 9.17) is 4.74 Å². The molecule has 2 fully saturated rings. The van der Waals surface area contributed by atoms with Crippen LogP contribution in [-0.4, -0.2) is 50.1 Å². The van der Waals surface area contributed by atoms with E-state index < -0.39 is 0 Å². The van der Waals surface area contributed by atoms with Crippen molar-refractivity contribution in [2.45, 2.75) is 39.2 Å². The molecule has 0 aromatic heterocycles. The molecule has 6 nitrogen and oxygen atoms in total. The summed E-state index contributed by atoms with van der Waals surface area (Å²) in [5, 5.41) is 6.22. The Labute approximate surface area is 162 Å². The predicted octanol–water partition coefficient (Wildman–Crippen LogP) is 2.40. The van der Waals surface area contributed by atoms with Crippen LogP contribution in [0.3, 0.4) is 0 Å². The third-order valence-electron chi connectivity index (χ3n) is 5.58. The van der Waals surface area contributed by atoms with Crippen LogP contribution in [0.4, 0.5) is 0 Å². The summed E-state index contributed by atoms with van der Waals surface area (Å²) < 4.78 is 5.58. The van der Waals surface area contributed by atoms with Gasteiger partial charge in [0.05, 0.1) is 0 Å². The number of ether oxygens (including phenoxy) is 1. The Balaban J connectivity index is 1.51. The SMILES string of the molecule is CCNC(=O)COc1cccc(CNC(=NC)N2CC3CCCCC3C2)c1. The van der Waals surface area contributed by atoms with E-state index in [0.717, 1.165) is 36.4 Å². The second-order valence-corrected chi connectivity index (χ2v) is 7.50. The lowest BCUT2D eigenvalue weighted by atomic mass is 9.82. The maximum Gasteiger partial charge on any atom is 0.257 e.